The van der Waals surface area contributed by atoms with Crippen molar-refractivity contribution in [1.29, 1.82) is 0 Å². The van der Waals surface area contributed by atoms with Gasteiger partial charge in [-0.2, -0.15) is 0 Å². The molecule has 0 saturated carbocycles. The van der Waals surface area contributed by atoms with Crippen LogP contribution in [0.1, 0.15) is 25.6 Å². The molecule has 0 aliphatic heterocycles. The number of rotatable bonds is 7. The Kier molecular flexibility index (Phi) is 6.24. The lowest BCUT2D eigenvalue weighted by Crippen LogP contribution is -2.26. The van der Waals surface area contributed by atoms with Crippen molar-refractivity contribution in [1.82, 2.24) is 14.9 Å². The molecule has 0 radical (unpaired) electrons. The molecule has 2 amide bonds. The maximum absolute atomic E-state index is 12.6. The zero-order valence-electron chi connectivity index (χ0n) is 15.0. The molecule has 0 aliphatic rings. The Hall–Kier alpha value is -2.67. The van der Waals surface area contributed by atoms with Gasteiger partial charge in [0.2, 0.25) is 11.8 Å². The van der Waals surface area contributed by atoms with Crippen molar-refractivity contribution < 1.29 is 9.59 Å². The van der Waals surface area contributed by atoms with Crippen molar-refractivity contribution in [3.05, 3.63) is 58.8 Å². The van der Waals surface area contributed by atoms with Crippen molar-refractivity contribution in [2.45, 2.75) is 32.9 Å². The average Bonchev–Trinajstić information content (AvgIpc) is 2.98. The van der Waals surface area contributed by atoms with Gasteiger partial charge in [-0.25, -0.2) is 4.98 Å². The first-order valence-electron chi connectivity index (χ1n) is 8.83. The minimum absolute atomic E-state index is 0.0188. The van der Waals surface area contributed by atoms with Crippen molar-refractivity contribution in [3.63, 3.8) is 0 Å². The highest BCUT2D eigenvalue weighted by molar-refractivity contribution is 9.10. The van der Waals surface area contributed by atoms with E-state index in [0.29, 0.717) is 12.2 Å². The molecule has 0 bridgehead atoms. The lowest BCUT2D eigenvalue weighted by Gasteiger charge is -2.11. The monoisotopic (exact) mass is 428 g/mol. The molecule has 0 spiro atoms. The van der Waals surface area contributed by atoms with Gasteiger partial charge in [0.05, 0.1) is 17.6 Å². The van der Waals surface area contributed by atoms with Crippen LogP contribution in [0.3, 0.4) is 0 Å². The maximum atomic E-state index is 12.6. The molecule has 3 rings (SSSR count). The summed E-state index contributed by atoms with van der Waals surface area (Å²) in [4.78, 5) is 29.0. The first-order chi connectivity index (χ1) is 13.1. The van der Waals surface area contributed by atoms with Crippen molar-refractivity contribution in [2.24, 2.45) is 0 Å². The summed E-state index contributed by atoms with van der Waals surface area (Å²) in [6, 6.07) is 15.1. The molecular formula is C20H21BrN4O2. The number of imidazole rings is 1. The third kappa shape index (κ3) is 4.95. The van der Waals surface area contributed by atoms with Crippen LogP contribution < -0.4 is 10.6 Å². The minimum Gasteiger partial charge on any atom is -0.349 e. The molecule has 2 N–H and O–H groups in total. The van der Waals surface area contributed by atoms with Crippen LogP contribution in [0.2, 0.25) is 0 Å². The van der Waals surface area contributed by atoms with Gasteiger partial charge in [0.15, 0.2) is 0 Å². The number of para-hydroxylation sites is 2. The van der Waals surface area contributed by atoms with Crippen molar-refractivity contribution in [3.8, 4) is 0 Å². The number of nitrogens with zero attached hydrogens (tertiary/aromatic N) is 2. The molecule has 0 atom stereocenters. The molecule has 27 heavy (non-hydrogen) atoms. The summed E-state index contributed by atoms with van der Waals surface area (Å²) in [6.45, 7) is 2.37. The Balaban J connectivity index is 1.80. The number of halogens is 1. The van der Waals surface area contributed by atoms with Gasteiger partial charge < -0.3 is 15.2 Å². The molecule has 140 valence electrons. The van der Waals surface area contributed by atoms with Gasteiger partial charge >= 0.3 is 0 Å². The van der Waals surface area contributed by atoms with Gasteiger partial charge in [-0.05, 0) is 36.8 Å². The zero-order valence-corrected chi connectivity index (χ0v) is 16.6. The summed E-state index contributed by atoms with van der Waals surface area (Å²) in [5, 5.41) is 5.76. The summed E-state index contributed by atoms with van der Waals surface area (Å²) >= 11 is 3.40. The smallest absolute Gasteiger partial charge is 0.244 e. The normalized spacial score (nSPS) is 10.7. The second-order valence-corrected chi connectivity index (χ2v) is 7.10. The Bertz CT molecular complexity index is 968. The van der Waals surface area contributed by atoms with Crippen LogP contribution in [0.5, 0.6) is 0 Å². The number of anilines is 1. The van der Waals surface area contributed by atoms with Crippen molar-refractivity contribution >= 4 is 44.5 Å². The molecule has 0 unspecified atom stereocenters. The summed E-state index contributed by atoms with van der Waals surface area (Å²) in [5.41, 5.74) is 2.38. The van der Waals surface area contributed by atoms with Crippen LogP contribution in [0.25, 0.3) is 11.0 Å². The molecule has 1 aromatic heterocycles. The number of benzene rings is 2. The molecule has 0 saturated heterocycles. The van der Waals surface area contributed by atoms with Gasteiger partial charge in [-0.15, -0.1) is 0 Å². The largest absolute Gasteiger partial charge is 0.349 e. The first-order valence-corrected chi connectivity index (χ1v) is 9.62. The van der Waals surface area contributed by atoms with Crippen LogP contribution >= 0.6 is 15.9 Å². The zero-order chi connectivity index (χ0) is 19.2. The third-order valence-electron chi connectivity index (χ3n) is 4.06. The summed E-state index contributed by atoms with van der Waals surface area (Å²) in [6.07, 6.45) is 1.26. The van der Waals surface area contributed by atoms with E-state index in [4.69, 9.17) is 0 Å². The quantitative estimate of drug-likeness (QED) is 0.599. The van der Waals surface area contributed by atoms with E-state index in [9.17, 15) is 9.59 Å². The average molecular weight is 429 g/mol. The van der Waals surface area contributed by atoms with Gasteiger partial charge in [0.1, 0.15) is 12.4 Å². The molecule has 2 aromatic carbocycles. The number of amides is 2. The Morgan fingerprint density at radius 2 is 1.93 bits per heavy atom. The van der Waals surface area contributed by atoms with E-state index in [1.54, 1.807) is 0 Å². The molecule has 7 heteroatoms. The maximum Gasteiger partial charge on any atom is 0.244 e. The predicted octanol–water partition coefficient (Wildman–Crippen LogP) is 3.85. The number of hydrogen-bond acceptors (Lipinski definition) is 3. The molecular weight excluding hydrogens is 408 g/mol. The van der Waals surface area contributed by atoms with E-state index in [1.165, 1.54) is 0 Å². The molecule has 0 fully saturated rings. The summed E-state index contributed by atoms with van der Waals surface area (Å²) in [7, 11) is 0. The number of carbonyl (C=O) groups excluding carboxylic acids is 2. The van der Waals surface area contributed by atoms with E-state index in [-0.39, 0.29) is 24.9 Å². The van der Waals surface area contributed by atoms with E-state index >= 15 is 0 Å². The third-order valence-corrected chi connectivity index (χ3v) is 4.56. The molecule has 1 heterocycles. The van der Waals surface area contributed by atoms with Crippen LogP contribution in [0, 0.1) is 0 Å². The SMILES string of the molecule is CCCC(=O)NCc1nc2ccccc2n1CC(=O)Nc1cccc(Br)c1. The molecule has 3 aromatic rings. The van der Waals surface area contributed by atoms with E-state index in [2.05, 4.69) is 31.5 Å². The van der Waals surface area contributed by atoms with Gasteiger partial charge in [-0.1, -0.05) is 41.1 Å². The number of carbonyl (C=O) groups is 2. The highest BCUT2D eigenvalue weighted by Crippen LogP contribution is 2.18. The Morgan fingerprint density at radius 1 is 1.11 bits per heavy atom. The topological polar surface area (TPSA) is 76.0 Å². The second-order valence-electron chi connectivity index (χ2n) is 6.19. The lowest BCUT2D eigenvalue weighted by atomic mass is 10.3. The number of hydrogen-bond donors (Lipinski definition) is 2. The van der Waals surface area contributed by atoms with Gasteiger partial charge in [-0.3, -0.25) is 9.59 Å². The minimum atomic E-state index is -0.155. The van der Waals surface area contributed by atoms with Crippen LogP contribution in [-0.2, 0) is 22.7 Å². The summed E-state index contributed by atoms with van der Waals surface area (Å²) < 4.78 is 2.74. The molecule has 6 nitrogen and oxygen atoms in total. The summed E-state index contributed by atoms with van der Waals surface area (Å²) in [5.74, 6) is 0.483. The Morgan fingerprint density at radius 3 is 2.70 bits per heavy atom. The fraction of sp³-hybridized carbons (Fsp3) is 0.250. The van der Waals surface area contributed by atoms with Gasteiger partial charge in [0.25, 0.3) is 0 Å². The highest BCUT2D eigenvalue weighted by Gasteiger charge is 2.14. The standard InChI is InChI=1S/C20H21BrN4O2/c1-2-6-19(26)22-12-18-24-16-9-3-4-10-17(16)25(18)13-20(27)23-15-8-5-7-14(21)11-15/h3-5,7-11H,2,6,12-13H2,1H3,(H,22,26)(H,23,27). The van der Waals surface area contributed by atoms with Crippen molar-refractivity contribution in [2.75, 3.05) is 5.32 Å². The van der Waals surface area contributed by atoms with Crippen LogP contribution in [0.15, 0.2) is 53.0 Å². The number of fused-ring (bicyclic) bond motifs is 1. The van der Waals surface area contributed by atoms with Crippen LogP contribution in [0.4, 0.5) is 5.69 Å². The first kappa shape index (κ1) is 19.1. The Labute approximate surface area is 166 Å². The molecule has 0 aliphatic carbocycles. The van der Waals surface area contributed by atoms with E-state index in [0.717, 1.165) is 27.6 Å². The second kappa shape index (κ2) is 8.81. The van der Waals surface area contributed by atoms with Gasteiger partial charge in [0, 0.05) is 16.6 Å². The number of nitrogens with one attached hydrogen (secondary N) is 2. The van der Waals surface area contributed by atoms with E-state index < -0.39 is 0 Å². The van der Waals surface area contributed by atoms with E-state index in [1.807, 2.05) is 60.0 Å². The fourth-order valence-corrected chi connectivity index (χ4v) is 3.24. The number of aromatic nitrogens is 2. The van der Waals surface area contributed by atoms with Crippen LogP contribution in [-0.4, -0.2) is 21.4 Å². The fourth-order valence-electron chi connectivity index (χ4n) is 2.84. The lowest BCUT2D eigenvalue weighted by molar-refractivity contribution is -0.121. The highest BCUT2D eigenvalue weighted by atomic mass is 79.9. The predicted molar refractivity (Wildman–Crippen MR) is 109 cm³/mol.